The topological polar surface area (TPSA) is 29.1 Å². The number of thiophene rings is 1. The van der Waals surface area contributed by atoms with Crippen molar-refractivity contribution in [1.82, 2.24) is 5.32 Å². The molecule has 0 aliphatic heterocycles. The number of benzene rings is 2. The van der Waals surface area contributed by atoms with E-state index in [1.807, 2.05) is 17.5 Å². The number of nitrogens with one attached hydrogen (secondary N) is 1. The Labute approximate surface area is 151 Å². The van der Waals surface area contributed by atoms with Gasteiger partial charge in [-0.2, -0.15) is 0 Å². The van der Waals surface area contributed by atoms with Crippen molar-refractivity contribution in [1.29, 1.82) is 0 Å². The van der Waals surface area contributed by atoms with Gasteiger partial charge in [-0.3, -0.25) is 4.79 Å². The van der Waals surface area contributed by atoms with E-state index in [2.05, 4.69) is 36.5 Å². The van der Waals surface area contributed by atoms with Gasteiger partial charge in [0, 0.05) is 4.88 Å². The zero-order valence-electron chi connectivity index (χ0n) is 14.0. The van der Waals surface area contributed by atoms with Crippen LogP contribution in [0.25, 0.3) is 0 Å². The maximum atomic E-state index is 13.0. The molecule has 3 aromatic rings. The van der Waals surface area contributed by atoms with E-state index in [9.17, 15) is 9.18 Å². The molecule has 1 amide bonds. The third-order valence-corrected chi connectivity index (χ3v) is 5.07. The molecule has 0 spiro atoms. The molecular formula is C21H20FNOS. The van der Waals surface area contributed by atoms with Crippen molar-refractivity contribution < 1.29 is 9.18 Å². The molecule has 1 heterocycles. The highest BCUT2D eigenvalue weighted by Crippen LogP contribution is 2.26. The number of halogens is 1. The number of amides is 1. The van der Waals surface area contributed by atoms with Gasteiger partial charge in [0.05, 0.1) is 12.5 Å². The van der Waals surface area contributed by atoms with E-state index in [0.29, 0.717) is 0 Å². The van der Waals surface area contributed by atoms with E-state index in [-0.39, 0.29) is 24.2 Å². The minimum absolute atomic E-state index is 0.0791. The second-order valence-electron chi connectivity index (χ2n) is 5.91. The molecule has 1 N–H and O–H groups in total. The van der Waals surface area contributed by atoms with E-state index < -0.39 is 0 Å². The Balaban J connectivity index is 1.77. The molecule has 0 aliphatic carbocycles. The van der Waals surface area contributed by atoms with Gasteiger partial charge in [-0.05, 0) is 46.7 Å². The Morgan fingerprint density at radius 2 is 1.72 bits per heavy atom. The second-order valence-corrected chi connectivity index (χ2v) is 6.89. The lowest BCUT2D eigenvalue weighted by Crippen LogP contribution is -2.30. The van der Waals surface area contributed by atoms with Gasteiger partial charge in [-0.25, -0.2) is 4.39 Å². The lowest BCUT2D eigenvalue weighted by atomic mass is 10.0. The average molecular weight is 353 g/mol. The molecule has 0 saturated carbocycles. The van der Waals surface area contributed by atoms with Gasteiger partial charge >= 0.3 is 0 Å². The molecule has 4 heteroatoms. The van der Waals surface area contributed by atoms with Crippen LogP contribution >= 0.6 is 11.3 Å². The lowest BCUT2D eigenvalue weighted by Gasteiger charge is -2.18. The van der Waals surface area contributed by atoms with Crippen molar-refractivity contribution >= 4 is 17.2 Å². The summed E-state index contributed by atoms with van der Waals surface area (Å²) in [6.07, 6.45) is 1.22. The summed E-state index contributed by atoms with van der Waals surface area (Å²) in [6, 6.07) is 18.2. The normalized spacial score (nSPS) is 11.9. The first kappa shape index (κ1) is 17.4. The standard InChI is InChI=1S/C21H20FNOS/c1-2-15-5-9-17(10-6-15)21(19-4-3-13-25-19)23-20(24)14-16-7-11-18(22)12-8-16/h3-13,21H,2,14H2,1H3,(H,23,24)/t21-/m1/s1. The van der Waals surface area contributed by atoms with Crippen molar-refractivity contribution in [3.63, 3.8) is 0 Å². The van der Waals surface area contributed by atoms with Gasteiger partial charge in [0.2, 0.25) is 5.91 Å². The van der Waals surface area contributed by atoms with Crippen molar-refractivity contribution in [2.24, 2.45) is 0 Å². The van der Waals surface area contributed by atoms with Crippen molar-refractivity contribution in [2.45, 2.75) is 25.8 Å². The summed E-state index contributed by atoms with van der Waals surface area (Å²) in [5.41, 5.74) is 3.13. The third kappa shape index (κ3) is 4.54. The smallest absolute Gasteiger partial charge is 0.225 e. The van der Waals surface area contributed by atoms with Crippen molar-refractivity contribution in [3.8, 4) is 0 Å². The highest BCUT2D eigenvalue weighted by Gasteiger charge is 2.18. The summed E-state index contributed by atoms with van der Waals surface area (Å²) < 4.78 is 13.0. The second kappa shape index (κ2) is 8.08. The first-order chi connectivity index (χ1) is 12.2. The molecule has 128 valence electrons. The minimum atomic E-state index is -0.295. The SMILES string of the molecule is CCc1ccc([C@@H](NC(=O)Cc2ccc(F)cc2)c2cccs2)cc1. The van der Waals surface area contributed by atoms with E-state index >= 15 is 0 Å². The van der Waals surface area contributed by atoms with E-state index in [1.165, 1.54) is 17.7 Å². The van der Waals surface area contributed by atoms with Gasteiger partial charge in [-0.15, -0.1) is 11.3 Å². The number of carbonyl (C=O) groups excluding carboxylic acids is 1. The predicted molar refractivity (Wildman–Crippen MR) is 100 cm³/mol. The molecule has 0 radical (unpaired) electrons. The third-order valence-electron chi connectivity index (χ3n) is 4.13. The van der Waals surface area contributed by atoms with Crippen LogP contribution in [0, 0.1) is 5.82 Å². The Bertz CT molecular complexity index is 810. The molecular weight excluding hydrogens is 333 g/mol. The van der Waals surface area contributed by atoms with Crippen LogP contribution < -0.4 is 5.32 Å². The van der Waals surface area contributed by atoms with Crippen molar-refractivity contribution in [2.75, 3.05) is 0 Å². The van der Waals surface area contributed by atoms with Crippen LogP contribution in [0.3, 0.4) is 0 Å². The predicted octanol–water partition coefficient (Wildman–Crippen LogP) is 4.90. The van der Waals surface area contributed by atoms with Gasteiger partial charge in [0.15, 0.2) is 0 Å². The van der Waals surface area contributed by atoms with E-state index in [0.717, 1.165) is 22.4 Å². The quantitative estimate of drug-likeness (QED) is 0.671. The largest absolute Gasteiger partial charge is 0.344 e. The molecule has 25 heavy (non-hydrogen) atoms. The fraction of sp³-hybridized carbons (Fsp3) is 0.190. The molecule has 1 aromatic heterocycles. The maximum absolute atomic E-state index is 13.0. The molecule has 2 nitrogen and oxygen atoms in total. The van der Waals surface area contributed by atoms with Crippen LogP contribution in [0.1, 0.15) is 34.5 Å². The van der Waals surface area contributed by atoms with Crippen molar-refractivity contribution in [3.05, 3.63) is 93.4 Å². The van der Waals surface area contributed by atoms with Crippen LogP contribution in [-0.2, 0) is 17.6 Å². The zero-order valence-corrected chi connectivity index (χ0v) is 14.9. The minimum Gasteiger partial charge on any atom is -0.344 e. The maximum Gasteiger partial charge on any atom is 0.225 e. The van der Waals surface area contributed by atoms with Gasteiger partial charge in [0.1, 0.15) is 5.82 Å². The van der Waals surface area contributed by atoms with Crippen LogP contribution in [-0.4, -0.2) is 5.91 Å². The Morgan fingerprint density at radius 1 is 1.04 bits per heavy atom. The molecule has 0 unspecified atom stereocenters. The molecule has 0 fully saturated rings. The lowest BCUT2D eigenvalue weighted by molar-refractivity contribution is -0.120. The monoisotopic (exact) mass is 353 g/mol. The average Bonchev–Trinajstić information content (AvgIpc) is 3.16. The highest BCUT2D eigenvalue weighted by molar-refractivity contribution is 7.10. The summed E-state index contributed by atoms with van der Waals surface area (Å²) in [7, 11) is 0. The Kier molecular flexibility index (Phi) is 5.61. The summed E-state index contributed by atoms with van der Waals surface area (Å²) in [5.74, 6) is -0.374. The molecule has 1 atom stereocenters. The fourth-order valence-corrected chi connectivity index (χ4v) is 3.52. The number of hydrogen-bond donors (Lipinski definition) is 1. The molecule has 0 saturated heterocycles. The molecule has 3 rings (SSSR count). The zero-order chi connectivity index (χ0) is 17.6. The first-order valence-corrected chi connectivity index (χ1v) is 9.19. The molecule has 0 aliphatic rings. The van der Waals surface area contributed by atoms with Gasteiger partial charge < -0.3 is 5.32 Å². The number of carbonyl (C=O) groups is 1. The van der Waals surface area contributed by atoms with Gasteiger partial charge in [-0.1, -0.05) is 49.4 Å². The van der Waals surface area contributed by atoms with Crippen LogP contribution in [0.4, 0.5) is 4.39 Å². The fourth-order valence-electron chi connectivity index (χ4n) is 2.72. The van der Waals surface area contributed by atoms with E-state index in [4.69, 9.17) is 0 Å². The van der Waals surface area contributed by atoms with Crippen LogP contribution in [0.15, 0.2) is 66.0 Å². The Hall–Kier alpha value is -2.46. The van der Waals surface area contributed by atoms with Crippen LogP contribution in [0.5, 0.6) is 0 Å². The van der Waals surface area contributed by atoms with Crippen LogP contribution in [0.2, 0.25) is 0 Å². The summed E-state index contributed by atoms with van der Waals surface area (Å²) in [5, 5.41) is 5.12. The molecule has 0 bridgehead atoms. The summed E-state index contributed by atoms with van der Waals surface area (Å²) in [4.78, 5) is 13.6. The number of rotatable bonds is 6. The summed E-state index contributed by atoms with van der Waals surface area (Å²) in [6.45, 7) is 2.12. The highest BCUT2D eigenvalue weighted by atomic mass is 32.1. The number of aryl methyl sites for hydroxylation is 1. The summed E-state index contributed by atoms with van der Waals surface area (Å²) >= 11 is 1.62. The first-order valence-electron chi connectivity index (χ1n) is 8.31. The number of hydrogen-bond acceptors (Lipinski definition) is 2. The van der Waals surface area contributed by atoms with Gasteiger partial charge in [0.25, 0.3) is 0 Å². The Morgan fingerprint density at radius 3 is 2.32 bits per heavy atom. The molecule has 2 aromatic carbocycles. The van der Waals surface area contributed by atoms with E-state index in [1.54, 1.807) is 23.5 Å².